The minimum Gasteiger partial charge on any atom is -0.352 e. The van der Waals surface area contributed by atoms with Gasteiger partial charge in [0.25, 0.3) is 0 Å². The number of fused-ring (bicyclic) bond motifs is 1. The second-order valence-corrected chi connectivity index (χ2v) is 8.07. The average Bonchev–Trinajstić information content (AvgIpc) is 3.12. The second-order valence-electron chi connectivity index (χ2n) is 6.05. The summed E-state index contributed by atoms with van der Waals surface area (Å²) < 4.78 is 5.94. The maximum Gasteiger partial charge on any atom is 0.164 e. The number of aromatic nitrogens is 1. The van der Waals surface area contributed by atoms with Gasteiger partial charge in [0.05, 0.1) is 10.4 Å². The summed E-state index contributed by atoms with van der Waals surface area (Å²) in [7, 11) is 0. The molecule has 0 saturated carbocycles. The van der Waals surface area contributed by atoms with Gasteiger partial charge in [-0.3, -0.25) is 0 Å². The van der Waals surface area contributed by atoms with Gasteiger partial charge in [-0.2, -0.15) is 4.37 Å². The van der Waals surface area contributed by atoms with Crippen LogP contribution in [0, 0.1) is 0 Å². The van der Waals surface area contributed by atoms with E-state index in [0.29, 0.717) is 0 Å². The lowest BCUT2D eigenvalue weighted by atomic mass is 10.2. The van der Waals surface area contributed by atoms with Crippen LogP contribution < -0.4 is 4.90 Å². The number of amidine groups is 1. The van der Waals surface area contributed by atoms with Crippen molar-refractivity contribution < 1.29 is 0 Å². The molecular formula is C19H19ClN4S2. The Morgan fingerprint density at radius 1 is 1.08 bits per heavy atom. The molecule has 7 heteroatoms. The quantitative estimate of drug-likeness (QED) is 0.439. The highest BCUT2D eigenvalue weighted by atomic mass is 35.5. The van der Waals surface area contributed by atoms with E-state index in [4.69, 9.17) is 16.6 Å². The fourth-order valence-electron chi connectivity index (χ4n) is 3.08. The Morgan fingerprint density at radius 3 is 2.54 bits per heavy atom. The maximum atomic E-state index is 5.96. The molecule has 26 heavy (non-hydrogen) atoms. The average molecular weight is 403 g/mol. The lowest BCUT2D eigenvalue weighted by molar-refractivity contribution is 0.392. The summed E-state index contributed by atoms with van der Waals surface area (Å²) in [6.45, 7) is 3.79. The Hall–Kier alpha value is -1.76. The predicted molar refractivity (Wildman–Crippen MR) is 115 cm³/mol. The Bertz CT molecular complexity index is 915. The van der Waals surface area contributed by atoms with Crippen LogP contribution in [0.15, 0.2) is 53.5 Å². The minimum atomic E-state index is 0.735. The van der Waals surface area contributed by atoms with E-state index >= 15 is 0 Å². The molecule has 0 spiro atoms. The zero-order chi connectivity index (χ0) is 17.9. The lowest BCUT2D eigenvalue weighted by Gasteiger charge is -2.36. The molecule has 4 nitrogen and oxygen atoms in total. The molecule has 0 unspecified atom stereocenters. The molecule has 134 valence electrons. The van der Waals surface area contributed by atoms with Gasteiger partial charge in [-0.1, -0.05) is 35.5 Å². The highest BCUT2D eigenvalue weighted by molar-refractivity contribution is 8.13. The number of aliphatic imine (C=N–C) groups is 1. The van der Waals surface area contributed by atoms with Crippen LogP contribution >= 0.6 is 34.9 Å². The molecule has 0 amide bonds. The van der Waals surface area contributed by atoms with Gasteiger partial charge in [0.15, 0.2) is 5.17 Å². The largest absolute Gasteiger partial charge is 0.352 e. The third-order valence-electron chi connectivity index (χ3n) is 4.44. The van der Waals surface area contributed by atoms with Gasteiger partial charge in [-0.25, -0.2) is 4.99 Å². The Balaban J connectivity index is 1.47. The first-order valence-electron chi connectivity index (χ1n) is 8.47. The van der Waals surface area contributed by atoms with Crippen molar-refractivity contribution in [1.82, 2.24) is 9.27 Å². The first-order valence-corrected chi connectivity index (χ1v) is 10.8. The van der Waals surface area contributed by atoms with E-state index in [2.05, 4.69) is 44.7 Å². The number of thioether (sulfide) groups is 1. The summed E-state index contributed by atoms with van der Waals surface area (Å²) in [5.41, 5.74) is 0.937. The highest BCUT2D eigenvalue weighted by Crippen LogP contribution is 2.30. The molecule has 1 aromatic heterocycles. The van der Waals surface area contributed by atoms with E-state index in [0.717, 1.165) is 47.9 Å². The van der Waals surface area contributed by atoms with Gasteiger partial charge in [0, 0.05) is 36.6 Å². The first kappa shape index (κ1) is 17.6. The van der Waals surface area contributed by atoms with Crippen LogP contribution in [-0.4, -0.2) is 46.9 Å². The van der Waals surface area contributed by atoms with E-state index in [-0.39, 0.29) is 0 Å². The molecule has 1 aliphatic rings. The van der Waals surface area contributed by atoms with Crippen molar-refractivity contribution in [2.75, 3.05) is 37.3 Å². The SMILES string of the molecule is CSC(=Nc1ccc(Cl)cc1)N1CCN(c2nsc3ccccc23)CC1. The van der Waals surface area contributed by atoms with Crippen molar-refractivity contribution in [3.63, 3.8) is 0 Å². The third kappa shape index (κ3) is 3.68. The van der Waals surface area contributed by atoms with Crippen molar-refractivity contribution in [3.05, 3.63) is 53.6 Å². The molecule has 4 rings (SSSR count). The van der Waals surface area contributed by atoms with Crippen molar-refractivity contribution in [1.29, 1.82) is 0 Å². The number of rotatable bonds is 2. The summed E-state index contributed by atoms with van der Waals surface area (Å²) in [6.07, 6.45) is 2.08. The van der Waals surface area contributed by atoms with Crippen LogP contribution in [0.4, 0.5) is 11.5 Å². The molecule has 0 radical (unpaired) electrons. The van der Waals surface area contributed by atoms with Crippen LogP contribution in [0.5, 0.6) is 0 Å². The van der Waals surface area contributed by atoms with E-state index in [1.807, 2.05) is 24.3 Å². The van der Waals surface area contributed by atoms with Gasteiger partial charge >= 0.3 is 0 Å². The molecule has 3 aromatic rings. The predicted octanol–water partition coefficient (Wildman–Crippen LogP) is 5.12. The van der Waals surface area contributed by atoms with E-state index < -0.39 is 0 Å². The first-order chi connectivity index (χ1) is 12.7. The molecule has 0 bridgehead atoms. The fraction of sp³-hybridized carbons (Fsp3) is 0.263. The smallest absolute Gasteiger partial charge is 0.164 e. The van der Waals surface area contributed by atoms with Gasteiger partial charge < -0.3 is 9.80 Å². The fourth-order valence-corrected chi connectivity index (χ4v) is 4.64. The van der Waals surface area contributed by atoms with Crippen molar-refractivity contribution in [3.8, 4) is 0 Å². The molecule has 2 aromatic carbocycles. The van der Waals surface area contributed by atoms with Crippen molar-refractivity contribution in [2.24, 2.45) is 4.99 Å². The van der Waals surface area contributed by atoms with Gasteiger partial charge in [-0.05, 0) is 54.2 Å². The Labute approximate surface area is 166 Å². The summed E-state index contributed by atoms with van der Waals surface area (Å²) in [4.78, 5) is 9.53. The minimum absolute atomic E-state index is 0.735. The Morgan fingerprint density at radius 2 is 1.81 bits per heavy atom. The normalized spacial score (nSPS) is 15.7. The van der Waals surface area contributed by atoms with Gasteiger partial charge in [0.1, 0.15) is 5.82 Å². The zero-order valence-corrected chi connectivity index (χ0v) is 16.8. The molecule has 1 aliphatic heterocycles. The lowest BCUT2D eigenvalue weighted by Crippen LogP contribution is -2.48. The molecule has 0 atom stereocenters. The number of anilines is 1. The topological polar surface area (TPSA) is 31.7 Å². The number of benzene rings is 2. The van der Waals surface area contributed by atoms with Crippen LogP contribution in [-0.2, 0) is 0 Å². The molecule has 1 saturated heterocycles. The molecule has 0 aliphatic carbocycles. The molecular weight excluding hydrogens is 384 g/mol. The molecule has 0 N–H and O–H groups in total. The van der Waals surface area contributed by atoms with Crippen LogP contribution in [0.2, 0.25) is 5.02 Å². The summed E-state index contributed by atoms with van der Waals surface area (Å²) in [5.74, 6) is 1.12. The molecule has 1 fully saturated rings. The monoisotopic (exact) mass is 402 g/mol. The third-order valence-corrected chi connectivity index (χ3v) is 6.23. The summed E-state index contributed by atoms with van der Waals surface area (Å²) in [5, 5.41) is 3.04. The Kier molecular flexibility index (Phi) is 5.33. The molecule has 2 heterocycles. The summed E-state index contributed by atoms with van der Waals surface area (Å²) >= 11 is 9.23. The van der Waals surface area contributed by atoms with E-state index in [9.17, 15) is 0 Å². The van der Waals surface area contributed by atoms with Crippen LogP contribution in [0.25, 0.3) is 10.1 Å². The number of hydrogen-bond acceptors (Lipinski definition) is 5. The number of piperazine rings is 1. The summed E-state index contributed by atoms with van der Waals surface area (Å²) in [6, 6.07) is 16.1. The van der Waals surface area contributed by atoms with Crippen LogP contribution in [0.1, 0.15) is 0 Å². The number of hydrogen-bond donors (Lipinski definition) is 0. The highest BCUT2D eigenvalue weighted by Gasteiger charge is 2.22. The van der Waals surface area contributed by atoms with E-state index in [1.165, 1.54) is 10.1 Å². The zero-order valence-electron chi connectivity index (χ0n) is 14.4. The maximum absolute atomic E-state index is 5.96. The number of nitrogens with zero attached hydrogens (tertiary/aromatic N) is 4. The van der Waals surface area contributed by atoms with Gasteiger partial charge in [-0.15, -0.1) is 0 Å². The second kappa shape index (κ2) is 7.86. The van der Waals surface area contributed by atoms with Crippen LogP contribution in [0.3, 0.4) is 0 Å². The van der Waals surface area contributed by atoms with Crippen molar-refractivity contribution >= 4 is 61.7 Å². The van der Waals surface area contributed by atoms with Gasteiger partial charge in [0.2, 0.25) is 0 Å². The van der Waals surface area contributed by atoms with Crippen molar-refractivity contribution in [2.45, 2.75) is 0 Å². The standard InChI is InChI=1S/C19H19ClN4S2/c1-25-19(21-15-8-6-14(20)7-9-15)24-12-10-23(11-13-24)18-16-4-2-3-5-17(16)26-22-18/h2-9H,10-13H2,1H3. The van der Waals surface area contributed by atoms with E-state index in [1.54, 1.807) is 23.3 Å². The number of halogens is 1.